The third-order valence-corrected chi connectivity index (χ3v) is 8.06. The molecule has 0 bridgehead atoms. The van der Waals surface area contributed by atoms with Gasteiger partial charge in [0.15, 0.2) is 9.84 Å². The zero-order valence-electron chi connectivity index (χ0n) is 17.7. The van der Waals surface area contributed by atoms with Crippen LogP contribution in [0.2, 0.25) is 5.02 Å². The van der Waals surface area contributed by atoms with E-state index in [1.54, 1.807) is 48.9 Å². The minimum atomic E-state index is -3.47. The number of fused-ring (bicyclic) bond motifs is 1. The quantitative estimate of drug-likeness (QED) is 0.367. The normalized spacial score (nSPS) is 17.7. The van der Waals surface area contributed by atoms with Gasteiger partial charge in [0.2, 0.25) is 0 Å². The first-order chi connectivity index (χ1) is 15.9. The lowest BCUT2D eigenvalue weighted by molar-refractivity contribution is -0.119. The maximum Gasteiger partial charge on any atom is 0.184 e. The van der Waals surface area contributed by atoms with Gasteiger partial charge in [-0.05, 0) is 53.8 Å². The first-order valence-electron chi connectivity index (χ1n) is 10.7. The van der Waals surface area contributed by atoms with Gasteiger partial charge in [0.05, 0.1) is 21.4 Å². The second kappa shape index (κ2) is 8.69. The van der Waals surface area contributed by atoms with Gasteiger partial charge in [0.1, 0.15) is 5.78 Å². The second-order valence-corrected chi connectivity index (χ2v) is 10.8. The van der Waals surface area contributed by atoms with Crippen LogP contribution in [0.3, 0.4) is 0 Å². The summed E-state index contributed by atoms with van der Waals surface area (Å²) in [5, 5.41) is 2.41. The Kier molecular flexibility index (Phi) is 5.72. The standard InChI is InChI=1S/C26H21ClN2O3S/c27-25-15-28-14-19-5-4-17(11-23(19)25)12-26(30)24-13-22(24)18-6-8-21(9-7-18)33(31,32)16-20-3-1-2-10-29-20/h1-11,14-15,22,24H,12-13,16H2. The van der Waals surface area contributed by atoms with Crippen LogP contribution in [0.1, 0.15) is 29.2 Å². The number of halogens is 1. The van der Waals surface area contributed by atoms with Crippen LogP contribution < -0.4 is 0 Å². The summed E-state index contributed by atoms with van der Waals surface area (Å²) >= 11 is 6.24. The zero-order chi connectivity index (χ0) is 23.0. The highest BCUT2D eigenvalue weighted by molar-refractivity contribution is 7.90. The monoisotopic (exact) mass is 476 g/mol. The Labute approximate surface area is 197 Å². The van der Waals surface area contributed by atoms with Gasteiger partial charge in [-0.3, -0.25) is 14.8 Å². The fourth-order valence-corrected chi connectivity index (χ4v) is 5.72. The molecule has 0 aliphatic heterocycles. The molecule has 2 unspecified atom stereocenters. The maximum absolute atomic E-state index is 12.9. The Morgan fingerprint density at radius 1 is 1.03 bits per heavy atom. The summed E-state index contributed by atoms with van der Waals surface area (Å²) in [6.07, 6.45) is 6.09. The van der Waals surface area contributed by atoms with E-state index in [1.165, 1.54) is 0 Å². The van der Waals surface area contributed by atoms with Crippen molar-refractivity contribution in [1.29, 1.82) is 0 Å². The summed E-state index contributed by atoms with van der Waals surface area (Å²) in [6.45, 7) is 0. The summed E-state index contributed by atoms with van der Waals surface area (Å²) in [5.74, 6) is 0.156. The van der Waals surface area contributed by atoms with E-state index < -0.39 is 9.84 Å². The van der Waals surface area contributed by atoms with E-state index in [9.17, 15) is 13.2 Å². The molecule has 2 atom stereocenters. The topological polar surface area (TPSA) is 77.0 Å². The molecular formula is C26H21ClN2O3S. The molecule has 1 aliphatic rings. The molecule has 2 aromatic heterocycles. The number of pyridine rings is 2. The van der Waals surface area contributed by atoms with Crippen molar-refractivity contribution in [2.24, 2.45) is 5.92 Å². The van der Waals surface area contributed by atoms with E-state index in [1.807, 2.05) is 30.3 Å². The molecule has 7 heteroatoms. The van der Waals surface area contributed by atoms with Crippen LogP contribution in [-0.2, 0) is 26.8 Å². The van der Waals surface area contributed by atoms with Crippen molar-refractivity contribution < 1.29 is 13.2 Å². The van der Waals surface area contributed by atoms with Crippen molar-refractivity contribution in [3.05, 3.63) is 101 Å². The maximum atomic E-state index is 12.9. The predicted molar refractivity (Wildman–Crippen MR) is 128 cm³/mol. The molecule has 2 aromatic carbocycles. The Bertz CT molecular complexity index is 1440. The van der Waals surface area contributed by atoms with E-state index in [2.05, 4.69) is 9.97 Å². The van der Waals surface area contributed by atoms with Crippen LogP contribution in [-0.4, -0.2) is 24.2 Å². The number of hydrogen-bond donors (Lipinski definition) is 0. The summed E-state index contributed by atoms with van der Waals surface area (Å²) < 4.78 is 25.4. The number of Topliss-reactive ketones (excluding diaryl/α,β-unsaturated/α-hetero) is 1. The summed E-state index contributed by atoms with van der Waals surface area (Å²) in [6, 6.07) is 18.0. The van der Waals surface area contributed by atoms with Gasteiger partial charge in [-0.15, -0.1) is 0 Å². The summed E-state index contributed by atoms with van der Waals surface area (Å²) in [4.78, 5) is 21.3. The van der Waals surface area contributed by atoms with Crippen LogP contribution in [0.4, 0.5) is 0 Å². The average Bonchev–Trinajstić information content (AvgIpc) is 3.61. The van der Waals surface area contributed by atoms with Crippen molar-refractivity contribution >= 4 is 38.0 Å². The Morgan fingerprint density at radius 3 is 2.61 bits per heavy atom. The van der Waals surface area contributed by atoms with Gasteiger partial charge in [0.25, 0.3) is 0 Å². The van der Waals surface area contributed by atoms with Gasteiger partial charge < -0.3 is 0 Å². The molecule has 0 saturated heterocycles. The van der Waals surface area contributed by atoms with Crippen LogP contribution in [0.25, 0.3) is 10.8 Å². The number of benzene rings is 2. The smallest absolute Gasteiger partial charge is 0.184 e. The lowest BCUT2D eigenvalue weighted by atomic mass is 10.0. The molecule has 5 rings (SSSR count). The number of ketones is 1. The summed E-state index contributed by atoms with van der Waals surface area (Å²) in [7, 11) is -3.47. The number of nitrogens with zero attached hydrogens (tertiary/aromatic N) is 2. The molecule has 1 saturated carbocycles. The highest BCUT2D eigenvalue weighted by Crippen LogP contribution is 2.48. The van der Waals surface area contributed by atoms with Crippen LogP contribution in [0.15, 0.2) is 84.1 Å². The van der Waals surface area contributed by atoms with Gasteiger partial charge in [0, 0.05) is 41.7 Å². The SMILES string of the molecule is O=C(Cc1ccc2cncc(Cl)c2c1)C1CC1c1ccc(S(=O)(=O)Cc2ccccn2)cc1. The second-order valence-electron chi connectivity index (χ2n) is 8.42. The van der Waals surface area contributed by atoms with E-state index in [0.29, 0.717) is 17.1 Å². The fourth-order valence-electron chi connectivity index (χ4n) is 4.22. The molecule has 4 aromatic rings. The number of carbonyl (C=O) groups excluding carboxylic acids is 1. The van der Waals surface area contributed by atoms with Crippen molar-refractivity contribution in [2.75, 3.05) is 0 Å². The lowest BCUT2D eigenvalue weighted by Gasteiger charge is -2.07. The van der Waals surface area contributed by atoms with E-state index in [0.717, 1.165) is 28.3 Å². The predicted octanol–water partition coefficient (Wildman–Crippen LogP) is 5.17. The molecule has 33 heavy (non-hydrogen) atoms. The molecule has 0 amide bonds. The third kappa shape index (κ3) is 4.68. The number of carbonyl (C=O) groups is 1. The van der Waals surface area contributed by atoms with Crippen LogP contribution in [0, 0.1) is 5.92 Å². The fraction of sp³-hybridized carbons (Fsp3) is 0.192. The average molecular weight is 477 g/mol. The number of aromatic nitrogens is 2. The molecule has 166 valence electrons. The molecule has 0 spiro atoms. The Morgan fingerprint density at radius 2 is 1.85 bits per heavy atom. The zero-order valence-corrected chi connectivity index (χ0v) is 19.3. The molecule has 1 aliphatic carbocycles. The van der Waals surface area contributed by atoms with Crippen LogP contribution in [0.5, 0.6) is 0 Å². The first kappa shape index (κ1) is 21.7. The molecule has 1 fully saturated rings. The van der Waals surface area contributed by atoms with Gasteiger partial charge >= 0.3 is 0 Å². The highest BCUT2D eigenvalue weighted by Gasteiger charge is 2.43. The Balaban J connectivity index is 1.25. The van der Waals surface area contributed by atoms with E-state index in [4.69, 9.17) is 11.6 Å². The Hall–Kier alpha value is -3.09. The molecule has 0 radical (unpaired) electrons. The molecule has 5 nitrogen and oxygen atoms in total. The molecule has 0 N–H and O–H groups in total. The minimum Gasteiger partial charge on any atom is -0.299 e. The number of rotatable bonds is 7. The van der Waals surface area contributed by atoms with Gasteiger partial charge in [-0.2, -0.15) is 0 Å². The number of hydrogen-bond acceptors (Lipinski definition) is 5. The first-order valence-corrected chi connectivity index (χ1v) is 12.7. The molecular weight excluding hydrogens is 456 g/mol. The third-order valence-electron chi connectivity index (χ3n) is 6.09. The van der Waals surface area contributed by atoms with E-state index >= 15 is 0 Å². The highest BCUT2D eigenvalue weighted by atomic mass is 35.5. The minimum absolute atomic E-state index is 0.0374. The lowest BCUT2D eigenvalue weighted by Crippen LogP contribution is -2.07. The summed E-state index contributed by atoms with van der Waals surface area (Å²) in [5.41, 5.74) is 2.45. The largest absolute Gasteiger partial charge is 0.299 e. The van der Waals surface area contributed by atoms with Crippen LogP contribution >= 0.6 is 11.6 Å². The van der Waals surface area contributed by atoms with Gasteiger partial charge in [-0.25, -0.2) is 8.42 Å². The van der Waals surface area contributed by atoms with E-state index in [-0.39, 0.29) is 28.3 Å². The molecule has 2 heterocycles. The van der Waals surface area contributed by atoms with Crippen molar-refractivity contribution in [3.63, 3.8) is 0 Å². The van der Waals surface area contributed by atoms with Crippen molar-refractivity contribution in [1.82, 2.24) is 9.97 Å². The van der Waals surface area contributed by atoms with Gasteiger partial charge in [-0.1, -0.05) is 41.9 Å². The van der Waals surface area contributed by atoms with Crippen molar-refractivity contribution in [3.8, 4) is 0 Å². The number of sulfone groups is 1. The van der Waals surface area contributed by atoms with Crippen molar-refractivity contribution in [2.45, 2.75) is 29.4 Å².